The lowest BCUT2D eigenvalue weighted by Crippen LogP contribution is -2.65. The predicted octanol–water partition coefficient (Wildman–Crippen LogP) is 0.508. The van der Waals surface area contributed by atoms with Gasteiger partial charge in [0, 0.05) is 6.42 Å². The van der Waals surface area contributed by atoms with Crippen molar-refractivity contribution >= 4 is 17.7 Å². The number of ether oxygens (including phenoxy) is 1. The van der Waals surface area contributed by atoms with Crippen molar-refractivity contribution in [3.8, 4) is 0 Å². The quantitative estimate of drug-likeness (QED) is 0.374. The molecule has 5 N–H and O–H groups in total. The second-order valence-corrected chi connectivity index (χ2v) is 9.30. The van der Waals surface area contributed by atoms with Gasteiger partial charge in [-0.15, -0.1) is 11.8 Å². The summed E-state index contributed by atoms with van der Waals surface area (Å²) in [6, 6.07) is -1.43. The Balaban J connectivity index is 2.08. The van der Waals surface area contributed by atoms with Crippen LogP contribution in [0.15, 0.2) is 0 Å². The Kier molecular flexibility index (Phi) is 9.11. The van der Waals surface area contributed by atoms with E-state index in [2.05, 4.69) is 10.6 Å². The van der Waals surface area contributed by atoms with Gasteiger partial charge in [0.05, 0.1) is 18.8 Å². The van der Waals surface area contributed by atoms with Gasteiger partial charge in [-0.2, -0.15) is 0 Å². The van der Waals surface area contributed by atoms with Gasteiger partial charge >= 0.3 is 0 Å². The van der Waals surface area contributed by atoms with E-state index in [1.165, 1.54) is 11.8 Å². The number of amides is 1. The van der Waals surface area contributed by atoms with E-state index in [4.69, 9.17) is 4.74 Å². The van der Waals surface area contributed by atoms with Gasteiger partial charge in [-0.1, -0.05) is 13.8 Å². The van der Waals surface area contributed by atoms with Crippen LogP contribution in [0.5, 0.6) is 0 Å². The Morgan fingerprint density at radius 3 is 2.59 bits per heavy atom. The van der Waals surface area contributed by atoms with E-state index in [0.717, 1.165) is 0 Å². The minimum Gasteiger partial charge on any atom is -0.388 e. The number of aliphatic hydroxyl groups excluding tert-OH is 3. The summed E-state index contributed by atoms with van der Waals surface area (Å²) in [5, 5.41) is 36.5. The molecule has 0 bridgehead atoms. The van der Waals surface area contributed by atoms with E-state index >= 15 is 0 Å². The Hall–Kier alpha value is -0.520. The number of thioether (sulfide) groups is 1. The first-order valence-electron chi connectivity index (χ1n) is 10.1. The summed E-state index contributed by atoms with van der Waals surface area (Å²) in [6.45, 7) is 3.39. The van der Waals surface area contributed by atoms with Crippen LogP contribution in [0.25, 0.3) is 0 Å². The molecule has 2 saturated heterocycles. The smallest absolute Gasteiger partial charge is 0.237 e. The van der Waals surface area contributed by atoms with E-state index in [9.17, 15) is 28.9 Å². The fourth-order valence-electron chi connectivity index (χ4n) is 4.06. The topological polar surface area (TPSA) is 111 Å². The minimum atomic E-state index is -1.59. The number of aliphatic hydroxyl groups is 3. The van der Waals surface area contributed by atoms with Crippen molar-refractivity contribution in [1.29, 1.82) is 0 Å². The molecule has 2 heterocycles. The van der Waals surface area contributed by atoms with Crippen LogP contribution in [-0.2, 0) is 9.53 Å². The van der Waals surface area contributed by atoms with Gasteiger partial charge in [0.2, 0.25) is 5.91 Å². The summed E-state index contributed by atoms with van der Waals surface area (Å²) in [5.74, 6) is -0.586. The van der Waals surface area contributed by atoms with Gasteiger partial charge in [-0.3, -0.25) is 9.18 Å². The summed E-state index contributed by atoms with van der Waals surface area (Å²) in [7, 11) is 0. The van der Waals surface area contributed by atoms with Gasteiger partial charge in [0.15, 0.2) is 0 Å². The fourth-order valence-corrected chi connectivity index (χ4v) is 4.74. The van der Waals surface area contributed by atoms with Gasteiger partial charge in [-0.05, 0) is 38.0 Å². The molecular formula is C19H34F2N2O5S. The second-order valence-electron chi connectivity index (χ2n) is 8.36. The van der Waals surface area contributed by atoms with Crippen LogP contribution in [0, 0.1) is 5.92 Å². The molecule has 2 aliphatic rings. The average Bonchev–Trinajstić information content (AvgIpc) is 2.69. The SMILES string of the molecule is CS[C@@H]1O[C@@H](C(NC(=O)C2CC(F)(CCCF)CCN2)C(C)C)[C@@H](O)[C@@H](O)[C@@H]1O. The number of rotatable bonds is 8. The fraction of sp³-hybridized carbons (Fsp3) is 0.947. The van der Waals surface area contributed by atoms with Crippen molar-refractivity contribution in [2.75, 3.05) is 19.5 Å². The summed E-state index contributed by atoms with van der Waals surface area (Å²) in [4.78, 5) is 12.9. The van der Waals surface area contributed by atoms with Crippen LogP contribution in [0.3, 0.4) is 0 Å². The largest absolute Gasteiger partial charge is 0.388 e. The molecule has 0 saturated carbocycles. The highest BCUT2D eigenvalue weighted by Crippen LogP contribution is 2.33. The normalized spacial score (nSPS) is 39.3. The number of alkyl halides is 2. The second kappa shape index (κ2) is 10.7. The minimum absolute atomic E-state index is 0.0491. The van der Waals surface area contributed by atoms with Crippen molar-refractivity contribution in [2.45, 2.75) is 87.1 Å². The number of carbonyl (C=O) groups excluding carboxylic acids is 1. The molecule has 0 aliphatic carbocycles. The first-order chi connectivity index (χ1) is 13.6. The molecule has 8 atom stereocenters. The maximum atomic E-state index is 15.0. The van der Waals surface area contributed by atoms with E-state index in [1.807, 2.05) is 13.8 Å². The summed E-state index contributed by atoms with van der Waals surface area (Å²) in [6.07, 6.45) is -2.88. The highest BCUT2D eigenvalue weighted by atomic mass is 32.2. The third-order valence-corrected chi connectivity index (χ3v) is 6.68. The van der Waals surface area contributed by atoms with E-state index in [0.29, 0.717) is 6.54 Å². The van der Waals surface area contributed by atoms with Crippen molar-refractivity contribution in [1.82, 2.24) is 10.6 Å². The first-order valence-corrected chi connectivity index (χ1v) is 11.4. The molecule has 0 spiro atoms. The zero-order valence-corrected chi connectivity index (χ0v) is 18.0. The third-order valence-electron chi connectivity index (χ3n) is 5.83. The molecule has 2 aliphatic heterocycles. The van der Waals surface area contributed by atoms with Crippen LogP contribution in [0.1, 0.15) is 39.5 Å². The number of hydrogen-bond donors (Lipinski definition) is 5. The molecule has 2 rings (SSSR count). The maximum absolute atomic E-state index is 15.0. The van der Waals surface area contributed by atoms with Crippen LogP contribution >= 0.6 is 11.8 Å². The van der Waals surface area contributed by atoms with Crippen LogP contribution < -0.4 is 10.6 Å². The van der Waals surface area contributed by atoms with Crippen LogP contribution in [-0.4, -0.2) is 88.3 Å². The zero-order valence-electron chi connectivity index (χ0n) is 17.2. The van der Waals surface area contributed by atoms with Crippen molar-refractivity contribution < 1.29 is 33.6 Å². The summed E-state index contributed by atoms with van der Waals surface area (Å²) in [5.41, 5.74) is -2.33. The highest BCUT2D eigenvalue weighted by Gasteiger charge is 2.48. The number of halogens is 2. The maximum Gasteiger partial charge on any atom is 0.237 e. The van der Waals surface area contributed by atoms with Gasteiger partial charge < -0.3 is 30.7 Å². The molecule has 7 nitrogen and oxygen atoms in total. The molecule has 0 aromatic heterocycles. The Morgan fingerprint density at radius 1 is 1.31 bits per heavy atom. The predicted molar refractivity (Wildman–Crippen MR) is 107 cm³/mol. The molecule has 1 amide bonds. The van der Waals surface area contributed by atoms with Gasteiger partial charge in [-0.25, -0.2) is 4.39 Å². The van der Waals surface area contributed by atoms with Crippen LogP contribution in [0.4, 0.5) is 8.78 Å². The van der Waals surface area contributed by atoms with Gasteiger partial charge in [0.1, 0.15) is 35.5 Å². The Bertz CT molecular complexity index is 545. The number of piperidine rings is 1. The molecule has 0 aromatic rings. The lowest BCUT2D eigenvalue weighted by atomic mass is 9.84. The van der Waals surface area contributed by atoms with Gasteiger partial charge in [0.25, 0.3) is 0 Å². The van der Waals surface area contributed by atoms with Crippen molar-refractivity contribution in [3.05, 3.63) is 0 Å². The highest BCUT2D eigenvalue weighted by molar-refractivity contribution is 7.99. The third kappa shape index (κ3) is 6.01. The lowest BCUT2D eigenvalue weighted by Gasteiger charge is -2.44. The number of nitrogens with one attached hydrogen (secondary N) is 2. The molecule has 0 aromatic carbocycles. The molecule has 29 heavy (non-hydrogen) atoms. The molecular weight excluding hydrogens is 406 g/mol. The summed E-state index contributed by atoms with van der Waals surface area (Å²) >= 11 is 1.20. The molecule has 3 unspecified atom stereocenters. The molecule has 170 valence electrons. The molecule has 10 heteroatoms. The van der Waals surface area contributed by atoms with E-state index in [1.54, 1.807) is 6.26 Å². The zero-order chi connectivity index (χ0) is 21.8. The van der Waals surface area contributed by atoms with Crippen molar-refractivity contribution in [3.63, 3.8) is 0 Å². The standard InChI is InChI=1S/C19H34F2N2O5S/c1-10(2)12(16-14(25)13(24)15(26)18(28-16)29-3)23-17(27)11-9-19(21,5-4-7-20)6-8-22-11/h10-16,18,22,24-26H,4-9H2,1-3H3,(H,23,27)/t11?,12?,13-,14+,15+,16+,18+,19?/m1/s1. The van der Waals surface area contributed by atoms with E-state index in [-0.39, 0.29) is 31.6 Å². The lowest BCUT2D eigenvalue weighted by molar-refractivity contribution is -0.208. The van der Waals surface area contributed by atoms with Crippen molar-refractivity contribution in [2.24, 2.45) is 5.92 Å². The average molecular weight is 441 g/mol. The molecule has 0 radical (unpaired) electrons. The molecule has 2 fully saturated rings. The van der Waals surface area contributed by atoms with E-state index < -0.39 is 60.2 Å². The first kappa shape index (κ1) is 24.7. The number of carbonyl (C=O) groups is 1. The summed E-state index contributed by atoms with van der Waals surface area (Å²) < 4.78 is 33.2. The number of hydrogen-bond acceptors (Lipinski definition) is 7. The Labute approximate surface area is 175 Å². The Morgan fingerprint density at radius 2 is 2.00 bits per heavy atom. The monoisotopic (exact) mass is 440 g/mol. The van der Waals surface area contributed by atoms with Crippen LogP contribution in [0.2, 0.25) is 0 Å².